The topological polar surface area (TPSA) is 631 Å². The highest BCUT2D eigenvalue weighted by atomic mass is 16.3. The van der Waals surface area contributed by atoms with Crippen LogP contribution in [0.3, 0.4) is 0 Å². The monoisotopic (exact) mass is 1360 g/mol. The Hall–Kier alpha value is -10.2. The van der Waals surface area contributed by atoms with Crippen molar-refractivity contribution in [3.05, 3.63) is 0 Å². The third-order valence-electron chi connectivity index (χ3n) is 12.5. The molecule has 2 rings (SSSR count). The van der Waals surface area contributed by atoms with Gasteiger partial charge in [-0.05, 0) is 48.5 Å². The number of hydrogen-bond acceptors (Lipinski definition) is 17. The van der Waals surface area contributed by atoms with Crippen molar-refractivity contribution in [3.8, 4) is 0 Å². The third-order valence-corrected chi connectivity index (χ3v) is 12.5. The number of aliphatic hydroxyl groups is 2. The van der Waals surface area contributed by atoms with Gasteiger partial charge in [-0.2, -0.15) is 0 Å². The van der Waals surface area contributed by atoms with Crippen LogP contribution in [0.1, 0.15) is 48.5 Å². The van der Waals surface area contributed by atoms with Gasteiger partial charge in [0, 0.05) is 88.6 Å². The van der Waals surface area contributed by atoms with E-state index < -0.39 is 105 Å². The number of likely N-dealkylation sites (N-methyl/N-ethyl adjacent to an activating group) is 1. The Morgan fingerprint density at radius 2 is 0.840 bits per heavy atom. The Bertz CT molecular complexity index is 2350. The van der Waals surface area contributed by atoms with Gasteiger partial charge in [-0.3, -0.25) is 39.5 Å². The van der Waals surface area contributed by atoms with Gasteiger partial charge in [-0.25, -0.2) is 62.3 Å². The predicted molar refractivity (Wildman–Crippen MR) is 339 cm³/mol. The lowest BCUT2D eigenvalue weighted by Crippen LogP contribution is -2.64. The maximum absolute atomic E-state index is 15.1. The molecule has 25 N–H and O–H groups in total. The number of nitrogens with two attached hydrogens (primary N) is 6. The van der Waals surface area contributed by atoms with Crippen LogP contribution in [0, 0.1) is 0 Å². The van der Waals surface area contributed by atoms with Crippen LogP contribution in [-0.4, -0.2) is 360 Å². The van der Waals surface area contributed by atoms with Crippen LogP contribution in [0.2, 0.25) is 0 Å². The molecule has 46 heteroatoms. The van der Waals surface area contributed by atoms with Crippen molar-refractivity contribution >= 4 is 84.3 Å². The van der Waals surface area contributed by atoms with Crippen LogP contribution in [0.4, 0.5) is 62.3 Å². The normalized spacial score (nSPS) is 13.7. The summed E-state index contributed by atoms with van der Waals surface area (Å²) in [6.45, 7) is 10.3. The molecule has 2 heterocycles. The largest absolute Gasteiger partial charge is 0.412 e. The number of nitrogens with one attached hydrogen (secondary N) is 7. The van der Waals surface area contributed by atoms with Gasteiger partial charge >= 0.3 is 78.4 Å². The molecule has 0 aromatic rings. The summed E-state index contributed by atoms with van der Waals surface area (Å²) in [7, 11) is 10.9. The molecule has 0 aromatic carbocycles. The van der Waals surface area contributed by atoms with E-state index in [-0.39, 0.29) is 96.0 Å². The van der Waals surface area contributed by atoms with Crippen LogP contribution in [0.25, 0.3) is 0 Å². The molecule has 0 saturated carbocycles. The molecule has 1 unspecified atom stereocenters. The van der Waals surface area contributed by atoms with Gasteiger partial charge in [0.15, 0.2) is 0 Å². The van der Waals surface area contributed by atoms with Gasteiger partial charge in [0.05, 0.1) is 26.0 Å². The van der Waals surface area contributed by atoms with Crippen molar-refractivity contribution in [2.45, 2.75) is 54.5 Å². The van der Waals surface area contributed by atoms with E-state index in [9.17, 15) is 57.5 Å². The quantitative estimate of drug-likeness (QED) is 0.0567. The molecule has 2 aliphatic rings. The Kier molecular flexibility index (Phi) is 48.7. The summed E-state index contributed by atoms with van der Waals surface area (Å²) in [4.78, 5) is 192. The van der Waals surface area contributed by atoms with Gasteiger partial charge in [-0.1, -0.05) is 0 Å². The fraction of sp³-hybridized carbons (Fsp3) is 0.708. The van der Waals surface area contributed by atoms with Crippen molar-refractivity contribution in [2.75, 3.05) is 175 Å². The Morgan fingerprint density at radius 3 is 1.20 bits per heavy atom. The maximum Gasteiger partial charge on any atom is 0.325 e. The fourth-order valence-electron chi connectivity index (χ4n) is 7.09. The summed E-state index contributed by atoms with van der Waals surface area (Å²) in [5.74, 6) is -0.239. The average molecular weight is 1360 g/mol. The number of fused-ring (bicyclic) bond motifs is 2. The second kappa shape index (κ2) is 49.5. The molecule has 27 amide bonds. The summed E-state index contributed by atoms with van der Waals surface area (Å²) >= 11 is 0. The van der Waals surface area contributed by atoms with E-state index in [1.54, 1.807) is 62.8 Å². The molecule has 2 fully saturated rings. The van der Waals surface area contributed by atoms with Crippen molar-refractivity contribution in [3.63, 3.8) is 0 Å². The van der Waals surface area contributed by atoms with Crippen LogP contribution in [0.15, 0.2) is 0 Å². The standard InChI is InChI=1S/C38H74N16O8.C5H12N6O3.2C2H6N2O2.CH4N2O.2H2O/c1-15-40(8)31(55)30(7)39-21-49-27-50(33(57)42(10)17-3)22-44(12)35(59)48(20-6)26-54-29-52(38(49)62)24-46(14)37(61)53(25-47(19-5)32(56)41(9)16-2)28-51(23-45(13)36(54)60)34(58)43(11)18-4;6-3(12)8-1-10-5(14)11-2-9-4(7)13;2*3-2(6)4-1-5;2-1(3)4;;/h30,39H,15-29H2,1-14H3;1-2H2,(H3,6,8,12)(H3,7,9,13)(H2,10,11,14);2*5H,1H2,(H3,3,4,6);(H4,2,3,4);2*1H2. The molecule has 0 aliphatic carbocycles. The second-order valence-corrected chi connectivity index (χ2v) is 19.6. The summed E-state index contributed by atoms with van der Waals surface area (Å²) < 4.78 is 0. The molecule has 0 radical (unpaired) electrons. The van der Waals surface area contributed by atoms with Crippen LogP contribution >= 0.6 is 0 Å². The fourth-order valence-corrected chi connectivity index (χ4v) is 7.09. The summed E-state index contributed by atoms with van der Waals surface area (Å²) in [5, 5.41) is 31.3. The molecule has 94 heavy (non-hydrogen) atoms. The highest BCUT2D eigenvalue weighted by Gasteiger charge is 2.38. The van der Waals surface area contributed by atoms with E-state index in [1.165, 1.54) is 94.6 Å². The van der Waals surface area contributed by atoms with Gasteiger partial charge in [0.25, 0.3) is 0 Å². The lowest BCUT2D eigenvalue weighted by atomic mass is 10.3. The Morgan fingerprint density at radius 1 is 0.468 bits per heavy atom. The lowest BCUT2D eigenvalue weighted by molar-refractivity contribution is -0.131. The average Bonchev–Trinajstić information content (AvgIpc) is 2.16. The minimum atomic E-state index is -0.833. The molecule has 2 aliphatic heterocycles. The number of carbonyl (C=O) groups is 14. The first-order valence-electron chi connectivity index (χ1n) is 28.4. The molecular weight excluding hydrogens is 1260 g/mol. The molecule has 46 nitrogen and oxygen atoms in total. The molecular formula is C48H106N28O18. The number of carbonyl (C=O) groups excluding carboxylic acids is 14. The maximum atomic E-state index is 15.1. The number of primary amides is 6. The first-order chi connectivity index (χ1) is 42.9. The number of rotatable bonds is 18. The van der Waals surface area contributed by atoms with E-state index in [4.69, 9.17) is 26.5 Å². The van der Waals surface area contributed by atoms with Crippen molar-refractivity contribution in [2.24, 2.45) is 34.4 Å². The Balaban J connectivity index is -0.000000676. The minimum Gasteiger partial charge on any atom is -0.412 e. The van der Waals surface area contributed by atoms with E-state index in [1.807, 2.05) is 24.5 Å². The minimum absolute atomic E-state index is 0. The number of amides is 27. The number of nitrogens with zero attached hydrogens (tertiary/aromatic N) is 15. The molecule has 1 atom stereocenters. The number of aliphatic hydroxyl groups excluding tert-OH is 2. The van der Waals surface area contributed by atoms with Crippen molar-refractivity contribution in [1.29, 1.82) is 0 Å². The molecule has 546 valence electrons. The zero-order chi connectivity index (χ0) is 71.7. The smallest absolute Gasteiger partial charge is 0.325 e. The summed E-state index contributed by atoms with van der Waals surface area (Å²) in [6, 6.07) is -8.92. The highest BCUT2D eigenvalue weighted by Crippen LogP contribution is 2.16. The first kappa shape index (κ1) is 92.5. The van der Waals surface area contributed by atoms with Gasteiger partial charge in [-0.15, -0.1) is 0 Å². The molecule has 2 bridgehead atoms. The second-order valence-electron chi connectivity index (χ2n) is 19.6. The summed E-state index contributed by atoms with van der Waals surface area (Å²) in [6.07, 6.45) is 0. The van der Waals surface area contributed by atoms with Crippen LogP contribution in [-0.2, 0) is 4.79 Å². The highest BCUT2D eigenvalue weighted by molar-refractivity contribution is 5.84. The molecule has 2 saturated heterocycles. The van der Waals surface area contributed by atoms with Gasteiger partial charge in [0.1, 0.15) is 66.8 Å². The molecule has 0 aromatic heterocycles. The predicted octanol–water partition coefficient (Wildman–Crippen LogP) is -6.85. The summed E-state index contributed by atoms with van der Waals surface area (Å²) in [5.41, 5.74) is 26.9. The zero-order valence-corrected chi connectivity index (χ0v) is 56.3. The molecule has 0 spiro atoms. The van der Waals surface area contributed by atoms with Crippen molar-refractivity contribution < 1.29 is 88.3 Å². The number of hydrogen-bond donors (Lipinski definition) is 15. The van der Waals surface area contributed by atoms with E-state index in [0.717, 1.165) is 0 Å². The Labute approximate surface area is 546 Å². The van der Waals surface area contributed by atoms with E-state index in [0.29, 0.717) is 26.2 Å². The van der Waals surface area contributed by atoms with Crippen LogP contribution in [0.5, 0.6) is 0 Å². The zero-order valence-electron chi connectivity index (χ0n) is 56.3. The van der Waals surface area contributed by atoms with Gasteiger partial charge < -0.3 is 132 Å². The lowest BCUT2D eigenvalue weighted by Gasteiger charge is -2.44. The SMILES string of the molecule is CCN(C)C(=O)C(C)NCN1CN(C(=O)N(C)CC)CN(C)C(=O)N(CC)CN2CN(CN(C)C(=O)N(CN(CC)C(=O)N(C)CC)CN(C(=O)N(C)CC)CN(C)C2=O)C1=O.NC(=O)NCNC(=O)NCNC(N)=O.NC(=O)NCO.NC(=O)NCO.NC(N)=O.O.O. The third kappa shape index (κ3) is 36.6. The van der Waals surface area contributed by atoms with Gasteiger partial charge in [0.2, 0.25) is 5.91 Å². The van der Waals surface area contributed by atoms with Crippen molar-refractivity contribution in [1.82, 2.24) is 111 Å². The first-order valence-corrected chi connectivity index (χ1v) is 28.4. The van der Waals surface area contributed by atoms with Crippen LogP contribution < -0.4 is 71.6 Å². The van der Waals surface area contributed by atoms with E-state index in [2.05, 4.69) is 49.5 Å². The number of urea groups is 13. The van der Waals surface area contributed by atoms with E-state index >= 15 is 4.79 Å².